The van der Waals surface area contributed by atoms with Gasteiger partial charge in [0.2, 0.25) is 0 Å². The van der Waals surface area contributed by atoms with Crippen molar-refractivity contribution in [2.45, 2.75) is 0 Å². The van der Waals surface area contributed by atoms with Gasteiger partial charge in [-0.05, 0) is 40.1 Å². The van der Waals surface area contributed by atoms with E-state index in [1.54, 1.807) is 0 Å². The molecule has 0 aliphatic heterocycles. The van der Waals surface area contributed by atoms with Crippen LogP contribution in [0.1, 0.15) is 0 Å². The molecule has 0 aliphatic carbocycles. The Morgan fingerprint density at radius 2 is 0.889 bits per heavy atom. The lowest BCUT2D eigenvalue weighted by molar-refractivity contribution is 1.07. The summed E-state index contributed by atoms with van der Waals surface area (Å²) in [6, 6.07) is 50.1. The van der Waals surface area contributed by atoms with Crippen LogP contribution in [0, 0.1) is 0 Å². The highest BCUT2D eigenvalue weighted by Gasteiger charge is 2.16. The molecule has 210 valence electrons. The van der Waals surface area contributed by atoms with Crippen LogP contribution >= 0.6 is 0 Å². The zero-order valence-corrected chi connectivity index (χ0v) is 24.2. The minimum Gasteiger partial charge on any atom is -0.299 e. The molecule has 6 aromatic carbocycles. The number of hydrogen-bond acceptors (Lipinski definition) is 4. The summed E-state index contributed by atoms with van der Waals surface area (Å²) >= 11 is 0. The minimum atomic E-state index is 0.647. The van der Waals surface area contributed by atoms with Crippen LogP contribution in [0.25, 0.3) is 83.5 Å². The summed E-state index contributed by atoms with van der Waals surface area (Å²) in [7, 11) is 0. The number of rotatable bonds is 4. The smallest absolute Gasteiger partial charge is 0.164 e. The maximum atomic E-state index is 5.01. The fourth-order valence-electron chi connectivity index (χ4n) is 6.27. The van der Waals surface area contributed by atoms with E-state index in [1.165, 1.54) is 16.2 Å². The number of pyridine rings is 1. The highest BCUT2D eigenvalue weighted by atomic mass is 15.0. The first-order chi connectivity index (χ1) is 22.3. The molecule has 45 heavy (non-hydrogen) atoms. The Balaban J connectivity index is 1.17. The summed E-state index contributed by atoms with van der Waals surface area (Å²) in [6.07, 6.45) is 2.10. The number of imidazole rings is 1. The van der Waals surface area contributed by atoms with Crippen LogP contribution in [0.3, 0.4) is 0 Å². The molecule has 5 heteroatoms. The summed E-state index contributed by atoms with van der Waals surface area (Å²) in [5.41, 5.74) is 8.25. The lowest BCUT2D eigenvalue weighted by Crippen LogP contribution is -2.00. The van der Waals surface area contributed by atoms with Crippen molar-refractivity contribution in [1.82, 2.24) is 24.3 Å². The third-order valence-corrected chi connectivity index (χ3v) is 8.45. The van der Waals surface area contributed by atoms with Gasteiger partial charge in [0.05, 0.1) is 11.0 Å². The summed E-state index contributed by atoms with van der Waals surface area (Å²) in [5.74, 6) is 1.96. The normalized spacial score (nSPS) is 11.6. The summed E-state index contributed by atoms with van der Waals surface area (Å²) < 4.78 is 2.20. The molecule has 3 heterocycles. The van der Waals surface area contributed by atoms with Gasteiger partial charge in [0.25, 0.3) is 0 Å². The highest BCUT2D eigenvalue weighted by molar-refractivity contribution is 6.24. The van der Waals surface area contributed by atoms with Crippen molar-refractivity contribution in [2.75, 3.05) is 0 Å². The molecule has 9 aromatic rings. The maximum absolute atomic E-state index is 5.01. The predicted octanol–water partition coefficient (Wildman–Crippen LogP) is 9.65. The molecular formula is C40H25N5. The molecule has 0 spiro atoms. The molecule has 0 saturated carbocycles. The van der Waals surface area contributed by atoms with Gasteiger partial charge >= 0.3 is 0 Å². The van der Waals surface area contributed by atoms with Gasteiger partial charge in [0, 0.05) is 33.7 Å². The SMILES string of the molecule is c1ccc(-c2nc(-c3ccccc3)nc(-c3ccc(-c4ccc5c(c4)c4ccccc4c4nc6ccccn6c54)cc3)n2)cc1. The number of fused-ring (bicyclic) bond motifs is 8. The monoisotopic (exact) mass is 575 g/mol. The van der Waals surface area contributed by atoms with Crippen molar-refractivity contribution in [1.29, 1.82) is 0 Å². The lowest BCUT2D eigenvalue weighted by atomic mass is 9.95. The van der Waals surface area contributed by atoms with Gasteiger partial charge in [-0.2, -0.15) is 0 Å². The molecule has 9 rings (SSSR count). The third kappa shape index (κ3) is 4.25. The van der Waals surface area contributed by atoms with Gasteiger partial charge in [-0.25, -0.2) is 19.9 Å². The number of hydrogen-bond donors (Lipinski definition) is 0. The van der Waals surface area contributed by atoms with Crippen LogP contribution in [-0.2, 0) is 0 Å². The van der Waals surface area contributed by atoms with E-state index in [1.807, 2.05) is 66.7 Å². The van der Waals surface area contributed by atoms with Crippen molar-refractivity contribution in [3.63, 3.8) is 0 Å². The zero-order chi connectivity index (χ0) is 29.7. The quantitative estimate of drug-likeness (QED) is 0.196. The standard InChI is InChI=1S/C40H25N5/c1-3-11-27(12-4-1)38-42-39(28-13-5-2-6-14-28)44-40(43-38)29-20-18-26(19-21-29)30-22-23-33-34(25-30)31-15-7-8-16-32(31)36-37(33)45-24-10-9-17-35(45)41-36/h1-25H. The van der Waals surface area contributed by atoms with Crippen LogP contribution < -0.4 is 0 Å². The van der Waals surface area contributed by atoms with E-state index in [2.05, 4.69) is 89.5 Å². The number of benzene rings is 6. The first-order valence-electron chi connectivity index (χ1n) is 15.0. The van der Waals surface area contributed by atoms with E-state index in [0.29, 0.717) is 17.5 Å². The van der Waals surface area contributed by atoms with Gasteiger partial charge in [-0.3, -0.25) is 4.40 Å². The predicted molar refractivity (Wildman–Crippen MR) is 183 cm³/mol. The average molecular weight is 576 g/mol. The molecule has 0 fully saturated rings. The summed E-state index contributed by atoms with van der Waals surface area (Å²) in [4.78, 5) is 19.6. The second kappa shape index (κ2) is 10.2. The molecular weight excluding hydrogens is 550 g/mol. The molecule has 0 amide bonds. The minimum absolute atomic E-state index is 0.647. The van der Waals surface area contributed by atoms with E-state index in [0.717, 1.165) is 49.9 Å². The van der Waals surface area contributed by atoms with Crippen molar-refractivity contribution < 1.29 is 0 Å². The summed E-state index contributed by atoms with van der Waals surface area (Å²) in [6.45, 7) is 0. The van der Waals surface area contributed by atoms with Crippen LogP contribution in [0.2, 0.25) is 0 Å². The highest BCUT2D eigenvalue weighted by Crippen LogP contribution is 2.37. The average Bonchev–Trinajstić information content (AvgIpc) is 3.52. The molecule has 0 N–H and O–H groups in total. The Hall–Kier alpha value is -6.20. The topological polar surface area (TPSA) is 56.0 Å². The Bertz CT molecular complexity index is 2460. The Labute approximate surface area is 259 Å². The second-order valence-electron chi connectivity index (χ2n) is 11.2. The largest absolute Gasteiger partial charge is 0.299 e. The van der Waals surface area contributed by atoms with Crippen LogP contribution in [0.5, 0.6) is 0 Å². The van der Waals surface area contributed by atoms with E-state index in [4.69, 9.17) is 19.9 Å². The number of nitrogens with zero attached hydrogens (tertiary/aromatic N) is 5. The van der Waals surface area contributed by atoms with Crippen LogP contribution in [-0.4, -0.2) is 24.3 Å². The first kappa shape index (κ1) is 25.3. The van der Waals surface area contributed by atoms with Crippen LogP contribution in [0.15, 0.2) is 152 Å². The van der Waals surface area contributed by atoms with Crippen molar-refractivity contribution in [2.24, 2.45) is 0 Å². The molecule has 0 unspecified atom stereocenters. The fraction of sp³-hybridized carbons (Fsp3) is 0. The van der Waals surface area contributed by atoms with E-state index in [9.17, 15) is 0 Å². The molecule has 0 aliphatic rings. The fourth-order valence-corrected chi connectivity index (χ4v) is 6.27. The van der Waals surface area contributed by atoms with Gasteiger partial charge < -0.3 is 0 Å². The first-order valence-corrected chi connectivity index (χ1v) is 15.0. The Kier molecular flexibility index (Phi) is 5.74. The third-order valence-electron chi connectivity index (χ3n) is 8.45. The van der Waals surface area contributed by atoms with Gasteiger partial charge in [0.1, 0.15) is 5.65 Å². The van der Waals surface area contributed by atoms with Gasteiger partial charge in [-0.15, -0.1) is 0 Å². The molecule has 5 nitrogen and oxygen atoms in total. The van der Waals surface area contributed by atoms with Gasteiger partial charge in [0.15, 0.2) is 17.5 Å². The molecule has 3 aromatic heterocycles. The molecule has 0 bridgehead atoms. The summed E-state index contributed by atoms with van der Waals surface area (Å²) in [5, 5.41) is 4.76. The Morgan fingerprint density at radius 1 is 0.356 bits per heavy atom. The van der Waals surface area contributed by atoms with Crippen molar-refractivity contribution >= 4 is 38.2 Å². The Morgan fingerprint density at radius 3 is 1.56 bits per heavy atom. The second-order valence-corrected chi connectivity index (χ2v) is 11.2. The molecule has 0 radical (unpaired) electrons. The van der Waals surface area contributed by atoms with E-state index < -0.39 is 0 Å². The van der Waals surface area contributed by atoms with E-state index >= 15 is 0 Å². The van der Waals surface area contributed by atoms with Crippen molar-refractivity contribution in [3.05, 3.63) is 152 Å². The van der Waals surface area contributed by atoms with Crippen molar-refractivity contribution in [3.8, 4) is 45.3 Å². The number of aromatic nitrogens is 5. The van der Waals surface area contributed by atoms with Crippen LogP contribution in [0.4, 0.5) is 0 Å². The molecule has 0 atom stereocenters. The van der Waals surface area contributed by atoms with E-state index in [-0.39, 0.29) is 0 Å². The maximum Gasteiger partial charge on any atom is 0.164 e. The molecule has 0 saturated heterocycles. The van der Waals surface area contributed by atoms with Gasteiger partial charge in [-0.1, -0.05) is 127 Å². The zero-order valence-electron chi connectivity index (χ0n) is 24.2. The lowest BCUT2D eigenvalue weighted by Gasteiger charge is -2.11.